The fourth-order valence-corrected chi connectivity index (χ4v) is 8.22. The summed E-state index contributed by atoms with van der Waals surface area (Å²) in [4.78, 5) is 20.0. The maximum atomic E-state index is 13.5. The molecule has 1 aromatic carbocycles. The van der Waals surface area contributed by atoms with E-state index in [2.05, 4.69) is 22.0 Å². The first-order valence-corrected chi connectivity index (χ1v) is 10.4. The molecule has 1 aromatic heterocycles. The van der Waals surface area contributed by atoms with Gasteiger partial charge in [0.25, 0.3) is 0 Å². The van der Waals surface area contributed by atoms with Crippen LogP contribution in [-0.2, 0) is 4.79 Å². The Bertz CT molecular complexity index is 785. The molecule has 0 aliphatic heterocycles. The Kier molecular flexibility index (Phi) is 3.22. The monoisotopic (exact) mass is 404 g/mol. The summed E-state index contributed by atoms with van der Waals surface area (Å²) in [6.07, 6.45) is 6.98. The maximum absolute atomic E-state index is 13.5. The average Bonchev–Trinajstić information content (AvgIpc) is 2.95. The highest BCUT2D eigenvalue weighted by molar-refractivity contribution is 9.10. The summed E-state index contributed by atoms with van der Waals surface area (Å²) >= 11 is 5.63. The van der Waals surface area contributed by atoms with Gasteiger partial charge in [0.15, 0.2) is 5.13 Å². The van der Waals surface area contributed by atoms with Crippen LogP contribution in [0.3, 0.4) is 0 Å². The van der Waals surface area contributed by atoms with E-state index in [1.165, 1.54) is 19.3 Å². The van der Waals surface area contributed by atoms with Crippen molar-refractivity contribution in [2.45, 2.75) is 42.8 Å². The molecule has 4 aliphatic rings. The molecule has 0 spiro atoms. The van der Waals surface area contributed by atoms with Crippen molar-refractivity contribution in [1.82, 2.24) is 4.98 Å². The molecule has 2 unspecified atom stereocenters. The molecule has 0 N–H and O–H groups in total. The largest absolute Gasteiger partial charge is 0.291 e. The summed E-state index contributed by atoms with van der Waals surface area (Å²) in [7, 11) is 1.92. The van der Waals surface area contributed by atoms with Crippen LogP contribution >= 0.6 is 27.3 Å². The number of carbonyl (C=O) groups is 1. The maximum Gasteiger partial charge on any atom is 0.234 e. The zero-order valence-corrected chi connectivity index (χ0v) is 16.2. The summed E-state index contributed by atoms with van der Waals surface area (Å²) in [5.74, 6) is 1.73. The van der Waals surface area contributed by atoms with Gasteiger partial charge in [0.05, 0.1) is 15.6 Å². The molecule has 4 fully saturated rings. The Hall–Kier alpha value is -0.940. The van der Waals surface area contributed by atoms with Crippen molar-refractivity contribution in [2.24, 2.45) is 17.3 Å². The van der Waals surface area contributed by atoms with Crippen LogP contribution in [0.4, 0.5) is 5.13 Å². The number of anilines is 1. The number of aromatic nitrogens is 1. The number of carbonyl (C=O) groups excluding carboxylic acids is 1. The predicted molar refractivity (Wildman–Crippen MR) is 102 cm³/mol. The van der Waals surface area contributed by atoms with Crippen molar-refractivity contribution >= 4 is 48.5 Å². The number of hydrogen-bond donors (Lipinski definition) is 0. The highest BCUT2D eigenvalue weighted by atomic mass is 79.9. The number of fused-ring (bicyclic) bond motifs is 1. The number of benzene rings is 1. The van der Waals surface area contributed by atoms with Gasteiger partial charge in [-0.15, -0.1) is 0 Å². The van der Waals surface area contributed by atoms with Crippen LogP contribution in [0.5, 0.6) is 0 Å². The first kappa shape index (κ1) is 15.3. The SMILES string of the molecule is CN(C(=O)C12CC3CC(CC(Br)(C3)C1)C2)c1nc2ccccc2s1. The highest BCUT2D eigenvalue weighted by Crippen LogP contribution is 2.64. The molecule has 126 valence electrons. The van der Waals surface area contributed by atoms with Crippen LogP contribution in [-0.4, -0.2) is 22.3 Å². The molecule has 2 atom stereocenters. The van der Waals surface area contributed by atoms with E-state index in [0.717, 1.165) is 46.4 Å². The minimum Gasteiger partial charge on any atom is -0.291 e. The third-order valence-electron chi connectivity index (χ3n) is 6.32. The number of thiazole rings is 1. The molecule has 2 aromatic rings. The van der Waals surface area contributed by atoms with Crippen molar-refractivity contribution < 1.29 is 4.79 Å². The van der Waals surface area contributed by atoms with Gasteiger partial charge >= 0.3 is 0 Å². The summed E-state index contributed by atoms with van der Waals surface area (Å²) in [6.45, 7) is 0. The number of halogens is 1. The third-order valence-corrected chi connectivity index (χ3v) is 8.36. The molecular formula is C19H21BrN2OS. The van der Waals surface area contributed by atoms with E-state index in [1.54, 1.807) is 11.3 Å². The van der Waals surface area contributed by atoms with E-state index in [-0.39, 0.29) is 9.74 Å². The van der Waals surface area contributed by atoms with Crippen LogP contribution in [0.2, 0.25) is 0 Å². The molecule has 3 nitrogen and oxygen atoms in total. The minimum absolute atomic E-state index is 0.166. The van der Waals surface area contributed by atoms with Gasteiger partial charge in [-0.2, -0.15) is 0 Å². The number of amides is 1. The fraction of sp³-hybridized carbons (Fsp3) is 0.579. The average molecular weight is 405 g/mol. The number of para-hydroxylation sites is 1. The number of nitrogens with zero attached hydrogens (tertiary/aromatic N) is 2. The molecule has 0 radical (unpaired) electrons. The van der Waals surface area contributed by atoms with Gasteiger partial charge in [0.1, 0.15) is 0 Å². The predicted octanol–water partition coefficient (Wildman–Crippen LogP) is 4.99. The van der Waals surface area contributed by atoms with E-state index in [1.807, 2.05) is 30.1 Å². The van der Waals surface area contributed by atoms with E-state index < -0.39 is 0 Å². The lowest BCUT2D eigenvalue weighted by Gasteiger charge is -2.59. The summed E-state index contributed by atoms with van der Waals surface area (Å²) < 4.78 is 1.36. The molecule has 4 aliphatic carbocycles. The van der Waals surface area contributed by atoms with Crippen molar-refractivity contribution in [1.29, 1.82) is 0 Å². The third kappa shape index (κ3) is 2.20. The lowest BCUT2D eigenvalue weighted by atomic mass is 9.49. The Labute approximate surface area is 154 Å². The standard InChI is InChI=1S/C19H21BrN2OS/c1-22(17-21-14-4-2-3-5-15(14)24-17)16(23)18-7-12-6-13(8-18)10-19(20,9-12)11-18/h2-5,12-13H,6-11H2,1H3. The lowest BCUT2D eigenvalue weighted by Crippen LogP contribution is -2.58. The molecule has 1 amide bonds. The summed E-state index contributed by atoms with van der Waals surface area (Å²) in [5, 5.41) is 0.834. The highest BCUT2D eigenvalue weighted by Gasteiger charge is 2.60. The van der Waals surface area contributed by atoms with Crippen molar-refractivity contribution in [3.63, 3.8) is 0 Å². The zero-order chi connectivity index (χ0) is 16.5. The molecule has 4 bridgehead atoms. The van der Waals surface area contributed by atoms with Gasteiger partial charge in [-0.3, -0.25) is 9.69 Å². The quantitative estimate of drug-likeness (QED) is 0.660. The van der Waals surface area contributed by atoms with E-state index in [9.17, 15) is 4.79 Å². The number of rotatable bonds is 2. The number of alkyl halides is 1. The van der Waals surface area contributed by atoms with Crippen molar-refractivity contribution in [3.8, 4) is 0 Å². The van der Waals surface area contributed by atoms with E-state index in [0.29, 0.717) is 5.91 Å². The van der Waals surface area contributed by atoms with Gasteiger partial charge in [-0.05, 0) is 62.5 Å². The van der Waals surface area contributed by atoms with E-state index in [4.69, 9.17) is 4.98 Å². The molecule has 24 heavy (non-hydrogen) atoms. The zero-order valence-electron chi connectivity index (χ0n) is 13.8. The lowest BCUT2D eigenvalue weighted by molar-refractivity contribution is -0.140. The Balaban J connectivity index is 1.49. The van der Waals surface area contributed by atoms with Crippen LogP contribution in [0, 0.1) is 17.3 Å². The molecular weight excluding hydrogens is 384 g/mol. The van der Waals surface area contributed by atoms with Gasteiger partial charge in [-0.25, -0.2) is 4.98 Å². The van der Waals surface area contributed by atoms with Gasteiger partial charge in [-0.1, -0.05) is 39.4 Å². The molecule has 1 heterocycles. The van der Waals surface area contributed by atoms with Crippen molar-refractivity contribution in [3.05, 3.63) is 24.3 Å². The van der Waals surface area contributed by atoms with Gasteiger partial charge < -0.3 is 0 Å². The first-order valence-electron chi connectivity index (χ1n) is 8.79. The summed E-state index contributed by atoms with van der Waals surface area (Å²) in [5.41, 5.74) is 0.819. The topological polar surface area (TPSA) is 33.2 Å². The van der Waals surface area contributed by atoms with Crippen LogP contribution in [0.15, 0.2) is 24.3 Å². The molecule has 0 saturated heterocycles. The molecule has 4 saturated carbocycles. The van der Waals surface area contributed by atoms with Gasteiger partial charge in [0, 0.05) is 11.4 Å². The normalized spacial score (nSPS) is 37.1. The number of hydrogen-bond acceptors (Lipinski definition) is 3. The Morgan fingerprint density at radius 1 is 1.25 bits per heavy atom. The summed E-state index contributed by atoms with van der Waals surface area (Å²) in [6, 6.07) is 8.12. The second kappa shape index (κ2) is 5.04. The second-order valence-electron chi connectivity index (χ2n) is 8.22. The molecule has 6 rings (SSSR count). The Morgan fingerprint density at radius 3 is 2.62 bits per heavy atom. The second-order valence-corrected chi connectivity index (χ2v) is 10.9. The van der Waals surface area contributed by atoms with Gasteiger partial charge in [0.2, 0.25) is 5.91 Å². The van der Waals surface area contributed by atoms with Crippen LogP contribution in [0.25, 0.3) is 10.2 Å². The van der Waals surface area contributed by atoms with Crippen LogP contribution < -0.4 is 4.90 Å². The van der Waals surface area contributed by atoms with Crippen molar-refractivity contribution in [2.75, 3.05) is 11.9 Å². The fourth-order valence-electron chi connectivity index (χ4n) is 5.85. The Morgan fingerprint density at radius 2 is 1.96 bits per heavy atom. The molecule has 5 heteroatoms. The van der Waals surface area contributed by atoms with Crippen LogP contribution in [0.1, 0.15) is 38.5 Å². The minimum atomic E-state index is -0.166. The first-order chi connectivity index (χ1) is 11.5. The smallest absolute Gasteiger partial charge is 0.234 e. The van der Waals surface area contributed by atoms with E-state index >= 15 is 0 Å².